The second kappa shape index (κ2) is 6.78. The van der Waals surface area contributed by atoms with Crippen LogP contribution >= 0.6 is 7.14 Å². The van der Waals surface area contributed by atoms with E-state index in [0.717, 1.165) is 30.9 Å². The number of nitrogens with one attached hydrogen (secondary N) is 1. The van der Waals surface area contributed by atoms with Crippen molar-refractivity contribution in [2.24, 2.45) is 0 Å². The first kappa shape index (κ1) is 15.6. The summed E-state index contributed by atoms with van der Waals surface area (Å²) in [5, 5.41) is 3.66. The molecular weight excluding hydrogens is 269 g/mol. The Balaban J connectivity index is 1.88. The Hall–Kier alpha value is -0.790. The van der Waals surface area contributed by atoms with Crippen LogP contribution in [-0.4, -0.2) is 31.6 Å². The zero-order chi connectivity index (χ0) is 14.6. The van der Waals surface area contributed by atoms with Crippen molar-refractivity contribution in [2.45, 2.75) is 38.8 Å². The minimum absolute atomic E-state index is 0.324. The van der Waals surface area contributed by atoms with Crippen molar-refractivity contribution in [3.05, 3.63) is 29.8 Å². The lowest BCUT2D eigenvalue weighted by Crippen LogP contribution is -2.35. The molecule has 20 heavy (non-hydrogen) atoms. The Morgan fingerprint density at radius 1 is 1.30 bits per heavy atom. The van der Waals surface area contributed by atoms with Gasteiger partial charge in [-0.25, -0.2) is 0 Å². The lowest BCUT2D eigenvalue weighted by Gasteiger charge is -2.30. The third-order valence-corrected chi connectivity index (χ3v) is 6.49. The van der Waals surface area contributed by atoms with Crippen molar-refractivity contribution < 1.29 is 9.30 Å². The Bertz CT molecular complexity index is 460. The highest BCUT2D eigenvalue weighted by molar-refractivity contribution is 7.63. The van der Waals surface area contributed by atoms with E-state index in [2.05, 4.69) is 24.4 Å². The van der Waals surface area contributed by atoms with Crippen LogP contribution in [0.5, 0.6) is 5.75 Å². The van der Waals surface area contributed by atoms with Crippen molar-refractivity contribution in [3.8, 4) is 5.75 Å². The van der Waals surface area contributed by atoms with Crippen molar-refractivity contribution in [2.75, 3.05) is 25.6 Å². The van der Waals surface area contributed by atoms with E-state index in [-0.39, 0.29) is 0 Å². The van der Waals surface area contributed by atoms with Gasteiger partial charge in [0.05, 0.1) is 13.7 Å². The number of hydrogen-bond acceptors (Lipinski definition) is 3. The lowest BCUT2D eigenvalue weighted by atomic mass is 10.1. The largest absolute Gasteiger partial charge is 0.494 e. The summed E-state index contributed by atoms with van der Waals surface area (Å²) < 4.78 is 17.5. The summed E-state index contributed by atoms with van der Waals surface area (Å²) >= 11 is 0. The first-order chi connectivity index (χ1) is 9.50. The fourth-order valence-corrected chi connectivity index (χ4v) is 4.69. The summed E-state index contributed by atoms with van der Waals surface area (Å²) in [6.45, 7) is 6.83. The monoisotopic (exact) mass is 295 g/mol. The molecule has 1 aliphatic heterocycles. The highest BCUT2D eigenvalue weighted by Gasteiger charge is 2.26. The van der Waals surface area contributed by atoms with Gasteiger partial charge < -0.3 is 14.6 Å². The first-order valence-electron chi connectivity index (χ1n) is 7.54. The average molecular weight is 295 g/mol. The molecule has 0 bridgehead atoms. The number of benzene rings is 1. The SMILES string of the molecule is CCOc1ccc(C(C)NC2CCP(C)(=O)CC2)cc1. The van der Waals surface area contributed by atoms with Gasteiger partial charge in [0, 0.05) is 24.4 Å². The fourth-order valence-electron chi connectivity index (χ4n) is 2.75. The molecule has 1 fully saturated rings. The molecule has 4 heteroatoms. The number of rotatable bonds is 5. The van der Waals surface area contributed by atoms with E-state index < -0.39 is 7.14 Å². The zero-order valence-corrected chi connectivity index (χ0v) is 13.7. The van der Waals surface area contributed by atoms with Gasteiger partial charge in [0.2, 0.25) is 0 Å². The first-order valence-corrected chi connectivity index (χ1v) is 10.1. The summed E-state index contributed by atoms with van der Waals surface area (Å²) in [4.78, 5) is 0. The van der Waals surface area contributed by atoms with Crippen LogP contribution in [-0.2, 0) is 4.57 Å². The highest BCUT2D eigenvalue weighted by atomic mass is 31.2. The number of hydrogen-bond donors (Lipinski definition) is 1. The molecule has 1 saturated heterocycles. The predicted octanol–water partition coefficient (Wildman–Crippen LogP) is 3.89. The third-order valence-electron chi connectivity index (χ3n) is 4.08. The summed E-state index contributed by atoms with van der Waals surface area (Å²) in [5.74, 6) is 0.924. The molecule has 2 rings (SSSR count). The maximum absolute atomic E-state index is 12.0. The van der Waals surface area contributed by atoms with Crippen LogP contribution in [0.25, 0.3) is 0 Å². The Labute approximate surface area is 122 Å². The van der Waals surface area contributed by atoms with Gasteiger partial charge in [0.1, 0.15) is 5.75 Å². The predicted molar refractivity (Wildman–Crippen MR) is 85.4 cm³/mol. The second-order valence-electron chi connectivity index (χ2n) is 5.91. The van der Waals surface area contributed by atoms with E-state index in [4.69, 9.17) is 4.74 Å². The summed E-state index contributed by atoms with van der Waals surface area (Å²) in [6, 6.07) is 9.12. The maximum Gasteiger partial charge on any atom is 0.119 e. The van der Waals surface area contributed by atoms with E-state index in [1.807, 2.05) is 25.7 Å². The van der Waals surface area contributed by atoms with Gasteiger partial charge in [-0.3, -0.25) is 0 Å². The molecule has 1 aromatic rings. The molecule has 1 N–H and O–H groups in total. The van der Waals surface area contributed by atoms with E-state index in [1.165, 1.54) is 5.56 Å². The van der Waals surface area contributed by atoms with Crippen molar-refractivity contribution in [1.29, 1.82) is 0 Å². The van der Waals surface area contributed by atoms with E-state index in [9.17, 15) is 4.57 Å². The van der Waals surface area contributed by atoms with Gasteiger partial charge in [0.15, 0.2) is 0 Å². The molecule has 0 aromatic heterocycles. The smallest absolute Gasteiger partial charge is 0.119 e. The molecule has 0 radical (unpaired) electrons. The molecule has 0 saturated carbocycles. The van der Waals surface area contributed by atoms with Crippen molar-refractivity contribution in [3.63, 3.8) is 0 Å². The van der Waals surface area contributed by atoms with Crippen LogP contribution in [0.2, 0.25) is 0 Å². The van der Waals surface area contributed by atoms with Gasteiger partial charge in [-0.2, -0.15) is 0 Å². The van der Waals surface area contributed by atoms with Crippen LogP contribution in [0, 0.1) is 0 Å². The van der Waals surface area contributed by atoms with Crippen molar-refractivity contribution in [1.82, 2.24) is 5.32 Å². The molecule has 1 aliphatic rings. The summed E-state index contributed by atoms with van der Waals surface area (Å²) in [5.41, 5.74) is 1.28. The zero-order valence-electron chi connectivity index (χ0n) is 12.8. The Morgan fingerprint density at radius 3 is 2.45 bits per heavy atom. The highest BCUT2D eigenvalue weighted by Crippen LogP contribution is 2.46. The van der Waals surface area contributed by atoms with Crippen molar-refractivity contribution >= 4 is 7.14 Å². The molecule has 1 aromatic carbocycles. The van der Waals surface area contributed by atoms with Crippen LogP contribution in [0.4, 0.5) is 0 Å². The molecule has 112 valence electrons. The Kier molecular flexibility index (Phi) is 5.29. The molecular formula is C16H26NO2P. The van der Waals surface area contributed by atoms with Gasteiger partial charge in [-0.05, 0) is 51.1 Å². The molecule has 3 nitrogen and oxygen atoms in total. The normalized spacial score (nSPS) is 28.1. The topological polar surface area (TPSA) is 38.3 Å². The minimum atomic E-state index is -1.81. The number of ether oxygens (including phenoxy) is 1. The fraction of sp³-hybridized carbons (Fsp3) is 0.625. The van der Waals surface area contributed by atoms with E-state index in [0.29, 0.717) is 18.7 Å². The molecule has 1 unspecified atom stereocenters. The third kappa shape index (κ3) is 4.36. The van der Waals surface area contributed by atoms with Crippen LogP contribution < -0.4 is 10.1 Å². The van der Waals surface area contributed by atoms with Gasteiger partial charge >= 0.3 is 0 Å². The summed E-state index contributed by atoms with van der Waals surface area (Å²) in [6.07, 6.45) is 3.85. The maximum atomic E-state index is 12.0. The van der Waals surface area contributed by atoms with Gasteiger partial charge in [-0.15, -0.1) is 0 Å². The Morgan fingerprint density at radius 2 is 1.90 bits per heavy atom. The second-order valence-corrected chi connectivity index (χ2v) is 9.40. The molecule has 1 atom stereocenters. The standard InChI is InChI=1S/C16H26NO2P/c1-4-19-16-7-5-14(6-8-16)13(2)17-15-9-11-20(3,18)12-10-15/h5-8,13,15,17H,4,9-12H2,1-3H3. The quantitative estimate of drug-likeness (QED) is 0.837. The van der Waals surface area contributed by atoms with Crippen LogP contribution in [0.1, 0.15) is 38.3 Å². The van der Waals surface area contributed by atoms with E-state index >= 15 is 0 Å². The molecule has 0 amide bonds. The summed E-state index contributed by atoms with van der Waals surface area (Å²) in [7, 11) is -1.81. The van der Waals surface area contributed by atoms with Crippen LogP contribution in [0.15, 0.2) is 24.3 Å². The molecule has 0 aliphatic carbocycles. The average Bonchev–Trinajstić information content (AvgIpc) is 2.42. The lowest BCUT2D eigenvalue weighted by molar-refractivity contribution is 0.340. The molecule has 1 heterocycles. The van der Waals surface area contributed by atoms with Gasteiger partial charge in [-0.1, -0.05) is 12.1 Å². The van der Waals surface area contributed by atoms with Gasteiger partial charge in [0.25, 0.3) is 0 Å². The molecule has 0 spiro atoms. The van der Waals surface area contributed by atoms with E-state index in [1.54, 1.807) is 0 Å². The minimum Gasteiger partial charge on any atom is -0.494 e. The van der Waals surface area contributed by atoms with Crippen LogP contribution in [0.3, 0.4) is 0 Å².